The Morgan fingerprint density at radius 3 is 2.44 bits per heavy atom. The number of benzene rings is 1. The van der Waals surface area contributed by atoms with E-state index in [4.69, 9.17) is 4.74 Å². The van der Waals surface area contributed by atoms with Crippen molar-refractivity contribution < 1.29 is 4.74 Å². The van der Waals surface area contributed by atoms with Gasteiger partial charge in [-0.05, 0) is 42.7 Å². The van der Waals surface area contributed by atoms with Gasteiger partial charge in [-0.3, -0.25) is 0 Å². The van der Waals surface area contributed by atoms with Crippen LogP contribution in [0.3, 0.4) is 0 Å². The average molecular weight is 214 g/mol. The molecule has 1 heteroatoms. The lowest BCUT2D eigenvalue weighted by Gasteiger charge is -2.07. The molecule has 0 atom stereocenters. The lowest BCUT2D eigenvalue weighted by Crippen LogP contribution is -1.88. The molecular weight excluding hydrogens is 196 g/mol. The molecular formula is C15H18O. The fraction of sp³-hybridized carbons (Fsp3) is 0.200. The minimum atomic E-state index is 0.873. The van der Waals surface area contributed by atoms with Crippen LogP contribution in [-0.4, -0.2) is 7.11 Å². The lowest BCUT2D eigenvalue weighted by molar-refractivity contribution is 0.414. The van der Waals surface area contributed by atoms with E-state index in [9.17, 15) is 0 Å². The van der Waals surface area contributed by atoms with Crippen LogP contribution in [0, 0.1) is 6.92 Å². The molecule has 0 heterocycles. The summed E-state index contributed by atoms with van der Waals surface area (Å²) in [5.74, 6) is 0.873. The Balaban J connectivity index is 2.96. The summed E-state index contributed by atoms with van der Waals surface area (Å²) in [5, 5.41) is 0. The van der Waals surface area contributed by atoms with Crippen LogP contribution in [0.5, 0.6) is 5.75 Å². The molecule has 0 bridgehead atoms. The molecule has 0 amide bonds. The van der Waals surface area contributed by atoms with Crippen LogP contribution in [0.2, 0.25) is 0 Å². The summed E-state index contributed by atoms with van der Waals surface area (Å²) in [6.45, 7) is 11.9. The lowest BCUT2D eigenvalue weighted by atomic mass is 10.0. The van der Waals surface area contributed by atoms with Crippen molar-refractivity contribution in [2.75, 3.05) is 7.11 Å². The van der Waals surface area contributed by atoms with Crippen molar-refractivity contribution >= 4 is 5.57 Å². The fourth-order valence-electron chi connectivity index (χ4n) is 1.46. The van der Waals surface area contributed by atoms with Crippen molar-refractivity contribution in [2.24, 2.45) is 0 Å². The molecule has 1 aromatic carbocycles. The topological polar surface area (TPSA) is 9.23 Å². The van der Waals surface area contributed by atoms with Crippen LogP contribution in [-0.2, 0) is 0 Å². The number of allylic oxidation sites excluding steroid dienone is 4. The van der Waals surface area contributed by atoms with E-state index in [1.165, 1.54) is 0 Å². The normalized spacial score (nSPS) is 10.4. The predicted molar refractivity (Wildman–Crippen MR) is 70.7 cm³/mol. The molecule has 1 rings (SSSR count). The molecule has 0 aliphatic heterocycles. The van der Waals surface area contributed by atoms with Gasteiger partial charge in [-0.15, -0.1) is 0 Å². The minimum Gasteiger partial charge on any atom is -0.497 e. The van der Waals surface area contributed by atoms with Gasteiger partial charge >= 0.3 is 0 Å². The molecule has 1 nitrogen and oxygen atoms in total. The van der Waals surface area contributed by atoms with Crippen LogP contribution in [0.25, 0.3) is 5.57 Å². The van der Waals surface area contributed by atoms with Crippen molar-refractivity contribution in [3.8, 4) is 5.75 Å². The third-order valence-electron chi connectivity index (χ3n) is 2.35. The molecule has 16 heavy (non-hydrogen) atoms. The third kappa shape index (κ3) is 3.13. The maximum atomic E-state index is 5.17. The van der Waals surface area contributed by atoms with Crippen LogP contribution >= 0.6 is 0 Å². The van der Waals surface area contributed by atoms with E-state index < -0.39 is 0 Å². The summed E-state index contributed by atoms with van der Waals surface area (Å²) >= 11 is 0. The SMILES string of the molecule is C=C(C)/C=C\C(=C)c1ccc(OC)cc1C. The second kappa shape index (κ2) is 5.36. The van der Waals surface area contributed by atoms with Gasteiger partial charge in [0.1, 0.15) is 5.75 Å². The fourth-order valence-corrected chi connectivity index (χ4v) is 1.46. The standard InChI is InChI=1S/C15H18O/c1-11(2)6-7-12(3)15-9-8-14(16-5)10-13(15)4/h6-10H,1,3H2,2,4-5H3/b7-6-. The molecule has 0 saturated carbocycles. The highest BCUT2D eigenvalue weighted by Crippen LogP contribution is 2.23. The Labute approximate surface area is 97.8 Å². The second-order valence-corrected chi connectivity index (χ2v) is 3.89. The Bertz CT molecular complexity index is 439. The Morgan fingerprint density at radius 2 is 1.94 bits per heavy atom. The van der Waals surface area contributed by atoms with Gasteiger partial charge in [-0.2, -0.15) is 0 Å². The quantitative estimate of drug-likeness (QED) is 0.684. The van der Waals surface area contributed by atoms with E-state index >= 15 is 0 Å². The Hall–Kier alpha value is -1.76. The number of hydrogen-bond donors (Lipinski definition) is 0. The van der Waals surface area contributed by atoms with Crippen molar-refractivity contribution in [3.05, 3.63) is 60.2 Å². The van der Waals surface area contributed by atoms with E-state index in [0.29, 0.717) is 0 Å². The molecule has 0 unspecified atom stereocenters. The van der Waals surface area contributed by atoms with E-state index in [-0.39, 0.29) is 0 Å². The monoisotopic (exact) mass is 214 g/mol. The van der Waals surface area contributed by atoms with Crippen molar-refractivity contribution in [2.45, 2.75) is 13.8 Å². The number of methoxy groups -OCH3 is 1. The number of ether oxygens (including phenoxy) is 1. The molecule has 1 aromatic rings. The zero-order valence-corrected chi connectivity index (χ0v) is 10.2. The van der Waals surface area contributed by atoms with E-state index in [1.807, 2.05) is 37.3 Å². The zero-order chi connectivity index (χ0) is 12.1. The zero-order valence-electron chi connectivity index (χ0n) is 10.2. The Kier molecular flexibility index (Phi) is 4.12. The number of aryl methyl sites for hydroxylation is 1. The highest BCUT2D eigenvalue weighted by Gasteiger charge is 2.01. The highest BCUT2D eigenvalue weighted by atomic mass is 16.5. The summed E-state index contributed by atoms with van der Waals surface area (Å²) in [7, 11) is 1.67. The largest absolute Gasteiger partial charge is 0.497 e. The van der Waals surface area contributed by atoms with E-state index in [2.05, 4.69) is 20.1 Å². The van der Waals surface area contributed by atoms with E-state index in [0.717, 1.165) is 28.0 Å². The van der Waals surface area contributed by atoms with Gasteiger partial charge in [0.05, 0.1) is 7.11 Å². The first-order chi connectivity index (χ1) is 7.54. The van der Waals surface area contributed by atoms with Crippen LogP contribution in [0.4, 0.5) is 0 Å². The van der Waals surface area contributed by atoms with Crippen molar-refractivity contribution in [1.29, 1.82) is 0 Å². The van der Waals surface area contributed by atoms with Gasteiger partial charge in [-0.25, -0.2) is 0 Å². The number of rotatable bonds is 4. The van der Waals surface area contributed by atoms with Gasteiger partial charge < -0.3 is 4.74 Å². The molecule has 0 aliphatic rings. The first kappa shape index (κ1) is 12.3. The summed E-state index contributed by atoms with van der Waals surface area (Å²) < 4.78 is 5.17. The van der Waals surface area contributed by atoms with Gasteiger partial charge in [0.15, 0.2) is 0 Å². The summed E-state index contributed by atoms with van der Waals surface area (Å²) in [5.41, 5.74) is 4.31. The summed E-state index contributed by atoms with van der Waals surface area (Å²) in [6.07, 6.45) is 3.95. The molecule has 0 N–H and O–H groups in total. The third-order valence-corrected chi connectivity index (χ3v) is 2.35. The maximum Gasteiger partial charge on any atom is 0.119 e. The molecule has 84 valence electrons. The molecule has 0 saturated heterocycles. The molecule has 0 aromatic heterocycles. The van der Waals surface area contributed by atoms with Crippen LogP contribution in [0.15, 0.2) is 49.1 Å². The first-order valence-electron chi connectivity index (χ1n) is 5.22. The molecule has 0 spiro atoms. The average Bonchev–Trinajstić information content (AvgIpc) is 2.25. The van der Waals surface area contributed by atoms with Crippen molar-refractivity contribution in [1.82, 2.24) is 0 Å². The van der Waals surface area contributed by atoms with Crippen molar-refractivity contribution in [3.63, 3.8) is 0 Å². The van der Waals surface area contributed by atoms with E-state index in [1.54, 1.807) is 7.11 Å². The second-order valence-electron chi connectivity index (χ2n) is 3.89. The van der Waals surface area contributed by atoms with Gasteiger partial charge in [0.25, 0.3) is 0 Å². The summed E-state index contributed by atoms with van der Waals surface area (Å²) in [6, 6.07) is 5.98. The number of hydrogen-bond acceptors (Lipinski definition) is 1. The van der Waals surface area contributed by atoms with Gasteiger partial charge in [-0.1, -0.05) is 36.9 Å². The smallest absolute Gasteiger partial charge is 0.119 e. The maximum absolute atomic E-state index is 5.17. The van der Waals surface area contributed by atoms with Crippen LogP contribution < -0.4 is 4.74 Å². The Morgan fingerprint density at radius 1 is 1.25 bits per heavy atom. The molecule has 0 radical (unpaired) electrons. The molecule has 0 fully saturated rings. The van der Waals surface area contributed by atoms with Gasteiger partial charge in [0, 0.05) is 0 Å². The first-order valence-corrected chi connectivity index (χ1v) is 5.22. The minimum absolute atomic E-state index is 0.873. The molecule has 0 aliphatic carbocycles. The van der Waals surface area contributed by atoms with Gasteiger partial charge in [0.2, 0.25) is 0 Å². The highest BCUT2D eigenvalue weighted by molar-refractivity contribution is 5.74. The van der Waals surface area contributed by atoms with Crippen LogP contribution in [0.1, 0.15) is 18.1 Å². The summed E-state index contributed by atoms with van der Waals surface area (Å²) in [4.78, 5) is 0. The predicted octanol–water partition coefficient (Wildman–Crippen LogP) is 4.15.